The van der Waals surface area contributed by atoms with Crippen LogP contribution in [0.1, 0.15) is 64.9 Å². The summed E-state index contributed by atoms with van der Waals surface area (Å²) in [5.41, 5.74) is 1.25. The smallest absolute Gasteiger partial charge is 0.137 e. The fourth-order valence-corrected chi connectivity index (χ4v) is 3.43. The molecule has 0 aliphatic heterocycles. The van der Waals surface area contributed by atoms with Crippen LogP contribution in [0.4, 0.5) is 11.6 Å². The SMILES string of the molecule is CCNc1ncnc(N(C)C2CCCC(C)C2)c1C(C)C. The summed E-state index contributed by atoms with van der Waals surface area (Å²) < 4.78 is 0. The molecule has 2 atom stereocenters. The summed E-state index contributed by atoms with van der Waals surface area (Å²) in [6, 6.07) is 0.607. The molecule has 0 bridgehead atoms. The van der Waals surface area contributed by atoms with Crippen LogP contribution < -0.4 is 10.2 Å². The van der Waals surface area contributed by atoms with Gasteiger partial charge in [0.1, 0.15) is 18.0 Å². The van der Waals surface area contributed by atoms with Crippen LogP contribution >= 0.6 is 0 Å². The summed E-state index contributed by atoms with van der Waals surface area (Å²) in [6.07, 6.45) is 6.95. The van der Waals surface area contributed by atoms with Crippen molar-refractivity contribution in [2.45, 2.75) is 65.3 Å². The number of hydrogen-bond donors (Lipinski definition) is 1. The molecule has 1 N–H and O–H groups in total. The second kappa shape index (κ2) is 7.10. The molecule has 1 aliphatic rings. The van der Waals surface area contributed by atoms with Gasteiger partial charge in [0.05, 0.1) is 0 Å². The first-order valence-corrected chi connectivity index (χ1v) is 8.36. The van der Waals surface area contributed by atoms with E-state index in [0.717, 1.165) is 24.1 Å². The lowest BCUT2D eigenvalue weighted by atomic mass is 9.86. The van der Waals surface area contributed by atoms with E-state index < -0.39 is 0 Å². The summed E-state index contributed by atoms with van der Waals surface area (Å²) in [5.74, 6) is 3.34. The van der Waals surface area contributed by atoms with E-state index in [1.807, 2.05) is 0 Å². The van der Waals surface area contributed by atoms with Crippen LogP contribution in [0.2, 0.25) is 0 Å². The zero-order chi connectivity index (χ0) is 15.4. The average Bonchev–Trinajstić information content (AvgIpc) is 2.46. The average molecular weight is 290 g/mol. The van der Waals surface area contributed by atoms with Crippen molar-refractivity contribution < 1.29 is 0 Å². The van der Waals surface area contributed by atoms with Gasteiger partial charge in [-0.15, -0.1) is 0 Å². The van der Waals surface area contributed by atoms with Crippen molar-refractivity contribution in [1.82, 2.24) is 9.97 Å². The molecule has 0 saturated heterocycles. The highest BCUT2D eigenvalue weighted by atomic mass is 15.2. The maximum absolute atomic E-state index is 4.62. The van der Waals surface area contributed by atoms with Crippen LogP contribution in [0, 0.1) is 5.92 Å². The first-order chi connectivity index (χ1) is 10.0. The van der Waals surface area contributed by atoms with Gasteiger partial charge in [-0.3, -0.25) is 0 Å². The lowest BCUT2D eigenvalue weighted by Crippen LogP contribution is -2.37. The van der Waals surface area contributed by atoms with E-state index in [0.29, 0.717) is 12.0 Å². The van der Waals surface area contributed by atoms with Crippen molar-refractivity contribution in [1.29, 1.82) is 0 Å². The summed E-state index contributed by atoms with van der Waals surface area (Å²) in [7, 11) is 2.20. The Kier molecular flexibility index (Phi) is 5.43. The molecule has 0 radical (unpaired) electrons. The topological polar surface area (TPSA) is 41.1 Å². The van der Waals surface area contributed by atoms with Gasteiger partial charge in [0, 0.05) is 25.2 Å². The number of aromatic nitrogens is 2. The van der Waals surface area contributed by atoms with E-state index in [9.17, 15) is 0 Å². The molecule has 1 aromatic rings. The number of hydrogen-bond acceptors (Lipinski definition) is 4. The van der Waals surface area contributed by atoms with E-state index in [1.54, 1.807) is 6.33 Å². The normalized spacial score (nSPS) is 22.4. The molecule has 1 aromatic heterocycles. The van der Waals surface area contributed by atoms with Crippen LogP contribution in [0.25, 0.3) is 0 Å². The second-order valence-corrected chi connectivity index (χ2v) is 6.68. The third-order valence-electron chi connectivity index (χ3n) is 4.57. The van der Waals surface area contributed by atoms with Gasteiger partial charge in [0.15, 0.2) is 0 Å². The lowest BCUT2D eigenvalue weighted by Gasteiger charge is -2.36. The van der Waals surface area contributed by atoms with E-state index in [1.165, 1.54) is 31.2 Å². The minimum atomic E-state index is 0.415. The van der Waals surface area contributed by atoms with Crippen LogP contribution in [0.3, 0.4) is 0 Å². The van der Waals surface area contributed by atoms with Crippen LogP contribution in [0.5, 0.6) is 0 Å². The Morgan fingerprint density at radius 1 is 1.33 bits per heavy atom. The van der Waals surface area contributed by atoms with E-state index in [-0.39, 0.29) is 0 Å². The first-order valence-electron chi connectivity index (χ1n) is 8.36. The van der Waals surface area contributed by atoms with Gasteiger partial charge in [-0.05, 0) is 31.6 Å². The molecular weight excluding hydrogens is 260 g/mol. The summed E-state index contributed by atoms with van der Waals surface area (Å²) >= 11 is 0. The van der Waals surface area contributed by atoms with Crippen LogP contribution in [0.15, 0.2) is 6.33 Å². The van der Waals surface area contributed by atoms with Gasteiger partial charge in [-0.25, -0.2) is 9.97 Å². The molecule has 1 saturated carbocycles. The molecule has 0 spiro atoms. The minimum Gasteiger partial charge on any atom is -0.370 e. The number of nitrogens with one attached hydrogen (secondary N) is 1. The third kappa shape index (κ3) is 3.66. The third-order valence-corrected chi connectivity index (χ3v) is 4.57. The van der Waals surface area contributed by atoms with Gasteiger partial charge < -0.3 is 10.2 Å². The number of anilines is 2. The fraction of sp³-hybridized carbons (Fsp3) is 0.765. The van der Waals surface area contributed by atoms with Crippen molar-refractivity contribution in [3.05, 3.63) is 11.9 Å². The highest BCUT2D eigenvalue weighted by Gasteiger charge is 2.26. The molecule has 0 amide bonds. The molecule has 1 fully saturated rings. The van der Waals surface area contributed by atoms with Gasteiger partial charge >= 0.3 is 0 Å². The van der Waals surface area contributed by atoms with Gasteiger partial charge in [-0.1, -0.05) is 33.6 Å². The maximum atomic E-state index is 4.62. The Hall–Kier alpha value is -1.32. The molecular formula is C17H30N4. The lowest BCUT2D eigenvalue weighted by molar-refractivity contribution is 0.335. The molecule has 1 heterocycles. The molecule has 118 valence electrons. The van der Waals surface area contributed by atoms with Gasteiger partial charge in [0.2, 0.25) is 0 Å². The van der Waals surface area contributed by atoms with Crippen molar-refractivity contribution in [3.63, 3.8) is 0 Å². The largest absolute Gasteiger partial charge is 0.370 e. The Balaban J connectivity index is 2.31. The monoisotopic (exact) mass is 290 g/mol. The number of nitrogens with zero attached hydrogens (tertiary/aromatic N) is 3. The van der Waals surface area contributed by atoms with E-state index in [4.69, 9.17) is 0 Å². The summed E-state index contributed by atoms with van der Waals surface area (Å²) in [5, 5.41) is 3.39. The standard InChI is InChI=1S/C17H30N4/c1-6-18-16-15(12(2)3)17(20-11-19-16)21(5)14-9-7-8-13(4)10-14/h11-14H,6-10H2,1-5H3,(H,18,19,20). The Labute approximate surface area is 129 Å². The highest BCUT2D eigenvalue weighted by Crippen LogP contribution is 2.34. The fourth-order valence-electron chi connectivity index (χ4n) is 3.43. The highest BCUT2D eigenvalue weighted by molar-refractivity contribution is 5.60. The summed E-state index contributed by atoms with van der Waals surface area (Å²) in [4.78, 5) is 11.5. The molecule has 2 unspecified atom stereocenters. The molecule has 21 heavy (non-hydrogen) atoms. The van der Waals surface area contributed by atoms with Crippen molar-refractivity contribution >= 4 is 11.6 Å². The van der Waals surface area contributed by atoms with E-state index in [2.05, 4.69) is 54.9 Å². The first kappa shape index (κ1) is 16.1. The summed E-state index contributed by atoms with van der Waals surface area (Å²) in [6.45, 7) is 9.81. The second-order valence-electron chi connectivity index (χ2n) is 6.68. The predicted molar refractivity (Wildman–Crippen MR) is 90.1 cm³/mol. The number of rotatable bonds is 5. The van der Waals surface area contributed by atoms with Crippen LogP contribution in [-0.4, -0.2) is 29.6 Å². The molecule has 4 heteroatoms. The minimum absolute atomic E-state index is 0.415. The van der Waals surface area contributed by atoms with E-state index >= 15 is 0 Å². The molecule has 0 aromatic carbocycles. The Morgan fingerprint density at radius 3 is 2.71 bits per heavy atom. The Bertz CT molecular complexity index is 458. The maximum Gasteiger partial charge on any atom is 0.137 e. The van der Waals surface area contributed by atoms with Crippen molar-refractivity contribution in [2.75, 3.05) is 23.8 Å². The molecule has 1 aliphatic carbocycles. The zero-order valence-electron chi connectivity index (χ0n) is 14.2. The molecule has 2 rings (SSSR count). The van der Waals surface area contributed by atoms with Crippen molar-refractivity contribution in [2.24, 2.45) is 5.92 Å². The Morgan fingerprint density at radius 2 is 2.10 bits per heavy atom. The predicted octanol–water partition coefficient (Wildman–Crippen LogP) is 4.05. The molecule has 4 nitrogen and oxygen atoms in total. The van der Waals surface area contributed by atoms with Crippen LogP contribution in [-0.2, 0) is 0 Å². The quantitative estimate of drug-likeness (QED) is 0.888. The zero-order valence-corrected chi connectivity index (χ0v) is 14.2. The van der Waals surface area contributed by atoms with Gasteiger partial charge in [0.25, 0.3) is 0 Å². The van der Waals surface area contributed by atoms with Gasteiger partial charge in [-0.2, -0.15) is 0 Å². The van der Waals surface area contributed by atoms with Crippen molar-refractivity contribution in [3.8, 4) is 0 Å².